The van der Waals surface area contributed by atoms with Crippen LogP contribution in [0.25, 0.3) is 32.7 Å². The lowest BCUT2D eigenvalue weighted by atomic mass is 9.67. The second-order valence-corrected chi connectivity index (χ2v) is 13.9. The normalized spacial score (nSPS) is 13.7. The predicted molar refractivity (Wildman–Crippen MR) is 213 cm³/mol. The van der Waals surface area contributed by atoms with Gasteiger partial charge in [-0.15, -0.1) is 0 Å². The summed E-state index contributed by atoms with van der Waals surface area (Å²) in [5.41, 5.74) is 6.36. The lowest BCUT2D eigenvalue weighted by Gasteiger charge is -2.34. The van der Waals surface area contributed by atoms with E-state index in [9.17, 15) is 19.8 Å². The van der Waals surface area contributed by atoms with E-state index in [4.69, 9.17) is 18.9 Å². The molecule has 0 radical (unpaired) electrons. The molecule has 1 aliphatic rings. The van der Waals surface area contributed by atoms with Crippen molar-refractivity contribution >= 4 is 33.5 Å². The summed E-state index contributed by atoms with van der Waals surface area (Å²) in [5.74, 6) is -0.0258. The van der Waals surface area contributed by atoms with E-state index in [2.05, 4.69) is 110 Å². The molecule has 0 saturated heterocycles. The number of hydrogen-bond donors (Lipinski definition) is 2. The lowest BCUT2D eigenvalue weighted by Crippen LogP contribution is -2.29. The number of fused-ring (bicyclic) bond motifs is 7. The molecule has 0 bridgehead atoms. The first-order valence-corrected chi connectivity index (χ1v) is 18.1. The Bertz CT molecular complexity index is 2240. The van der Waals surface area contributed by atoms with Crippen molar-refractivity contribution in [1.82, 2.24) is 0 Å². The minimum Gasteiger partial charge on any atom is -0.491 e. The fourth-order valence-corrected chi connectivity index (χ4v) is 7.31. The SMILES string of the molecule is C=C(C)C(=O)OCC(O)COc1ccc(C2(c3ccc(OCC(O)COC(=O)C(=C)C)cc3)c3ccc4ccccc4c3-c3c2ccc2ccccc32)cc1. The zero-order valence-electron chi connectivity index (χ0n) is 30.8. The van der Waals surface area contributed by atoms with E-state index in [1.807, 2.05) is 24.3 Å². The minimum absolute atomic E-state index is 0.0654. The molecule has 6 aromatic carbocycles. The molecule has 2 atom stereocenters. The summed E-state index contributed by atoms with van der Waals surface area (Å²) < 4.78 is 22.0. The Kier molecular flexibility index (Phi) is 10.5. The smallest absolute Gasteiger partial charge is 0.333 e. The van der Waals surface area contributed by atoms with Gasteiger partial charge in [-0.1, -0.05) is 110 Å². The van der Waals surface area contributed by atoms with Crippen LogP contribution in [0.5, 0.6) is 11.5 Å². The first-order valence-electron chi connectivity index (χ1n) is 18.1. The third-order valence-corrected chi connectivity index (χ3v) is 9.89. The van der Waals surface area contributed by atoms with Crippen molar-refractivity contribution in [3.05, 3.63) is 168 Å². The van der Waals surface area contributed by atoms with Crippen LogP contribution in [0.15, 0.2) is 146 Å². The highest BCUT2D eigenvalue weighted by Crippen LogP contribution is 2.59. The molecule has 8 heteroatoms. The Balaban J connectivity index is 1.29. The van der Waals surface area contributed by atoms with Crippen molar-refractivity contribution < 1.29 is 38.7 Å². The second-order valence-electron chi connectivity index (χ2n) is 13.9. The molecule has 0 aromatic heterocycles. The standard InChI is InChI=1S/C47H42O8/c1-29(2)45(50)54-27-35(48)25-52-37-19-15-33(16-20-37)47(34-17-21-38(22-18-34)53-26-36(49)28-55-46(51)30(3)4)41-23-13-31-9-5-7-11-39(31)43(41)44-40-12-8-6-10-32(40)14-24-42(44)47/h5-24,35-36,48-49H,1,3,25-28H2,2,4H3. The van der Waals surface area contributed by atoms with Crippen molar-refractivity contribution in [2.24, 2.45) is 0 Å². The van der Waals surface area contributed by atoms with Gasteiger partial charge in [0.25, 0.3) is 0 Å². The molecule has 6 aromatic rings. The van der Waals surface area contributed by atoms with E-state index in [1.54, 1.807) is 13.8 Å². The molecule has 2 unspecified atom stereocenters. The fraction of sp³-hybridized carbons (Fsp3) is 0.191. The monoisotopic (exact) mass is 734 g/mol. The zero-order valence-corrected chi connectivity index (χ0v) is 30.8. The average Bonchev–Trinajstić information content (AvgIpc) is 3.52. The van der Waals surface area contributed by atoms with E-state index in [-0.39, 0.29) is 37.6 Å². The van der Waals surface area contributed by atoms with Gasteiger partial charge < -0.3 is 29.2 Å². The molecule has 278 valence electrons. The largest absolute Gasteiger partial charge is 0.491 e. The van der Waals surface area contributed by atoms with Crippen LogP contribution in [0, 0.1) is 0 Å². The summed E-state index contributed by atoms with van der Waals surface area (Å²) in [7, 11) is 0. The summed E-state index contributed by atoms with van der Waals surface area (Å²) in [6.45, 7) is 9.70. The van der Waals surface area contributed by atoms with Crippen molar-refractivity contribution in [3.63, 3.8) is 0 Å². The van der Waals surface area contributed by atoms with Crippen LogP contribution < -0.4 is 9.47 Å². The third-order valence-electron chi connectivity index (χ3n) is 9.89. The Morgan fingerprint density at radius 1 is 0.545 bits per heavy atom. The average molecular weight is 735 g/mol. The van der Waals surface area contributed by atoms with Crippen LogP contribution in [0.3, 0.4) is 0 Å². The van der Waals surface area contributed by atoms with E-state index in [0.717, 1.165) is 43.8 Å². The van der Waals surface area contributed by atoms with Gasteiger partial charge in [0.15, 0.2) is 0 Å². The summed E-state index contributed by atoms with van der Waals surface area (Å²) >= 11 is 0. The minimum atomic E-state index is -1.02. The molecule has 0 spiro atoms. The molecular formula is C47H42O8. The van der Waals surface area contributed by atoms with Gasteiger partial charge in [0, 0.05) is 11.1 Å². The molecule has 7 rings (SSSR count). The zero-order chi connectivity index (χ0) is 38.7. The third kappa shape index (κ3) is 7.22. The number of rotatable bonds is 14. The molecule has 1 aliphatic carbocycles. The van der Waals surface area contributed by atoms with Crippen molar-refractivity contribution in [3.8, 4) is 22.6 Å². The molecule has 0 amide bonds. The topological polar surface area (TPSA) is 112 Å². The Labute approximate surface area is 319 Å². The molecule has 0 fully saturated rings. The van der Waals surface area contributed by atoms with Gasteiger partial charge in [0.05, 0.1) is 5.41 Å². The second kappa shape index (κ2) is 15.6. The van der Waals surface area contributed by atoms with Crippen LogP contribution in [0.1, 0.15) is 36.1 Å². The number of esters is 2. The Morgan fingerprint density at radius 2 is 0.927 bits per heavy atom. The molecule has 2 N–H and O–H groups in total. The highest BCUT2D eigenvalue weighted by molar-refractivity contribution is 6.12. The van der Waals surface area contributed by atoms with E-state index >= 15 is 0 Å². The molecule has 0 saturated carbocycles. The number of aliphatic hydroxyl groups excluding tert-OH is 2. The predicted octanol–water partition coefficient (Wildman–Crippen LogP) is 8.07. The van der Waals surface area contributed by atoms with Crippen LogP contribution in [-0.2, 0) is 24.5 Å². The van der Waals surface area contributed by atoms with Gasteiger partial charge in [-0.2, -0.15) is 0 Å². The number of carbonyl (C=O) groups is 2. The number of ether oxygens (including phenoxy) is 4. The maximum Gasteiger partial charge on any atom is 0.333 e. The van der Waals surface area contributed by atoms with Gasteiger partial charge in [-0.05, 0) is 93.0 Å². The first kappa shape index (κ1) is 37.1. The van der Waals surface area contributed by atoms with Crippen molar-refractivity contribution in [2.75, 3.05) is 26.4 Å². The number of hydrogen-bond acceptors (Lipinski definition) is 8. The van der Waals surface area contributed by atoms with Crippen LogP contribution in [-0.4, -0.2) is 60.8 Å². The molecule has 8 nitrogen and oxygen atoms in total. The molecule has 55 heavy (non-hydrogen) atoms. The maximum absolute atomic E-state index is 11.8. The highest BCUT2D eigenvalue weighted by Gasteiger charge is 2.47. The molecular weight excluding hydrogens is 693 g/mol. The number of carbonyl (C=O) groups excluding carboxylic acids is 2. The first-order chi connectivity index (χ1) is 26.6. The summed E-state index contributed by atoms with van der Waals surface area (Å²) in [6.07, 6.45) is -2.03. The van der Waals surface area contributed by atoms with Crippen LogP contribution >= 0.6 is 0 Å². The summed E-state index contributed by atoms with van der Waals surface area (Å²) in [4.78, 5) is 23.6. The molecule has 0 heterocycles. The maximum atomic E-state index is 11.8. The Hall–Kier alpha value is -6.22. The van der Waals surface area contributed by atoms with Crippen molar-refractivity contribution in [1.29, 1.82) is 0 Å². The number of aliphatic hydroxyl groups is 2. The van der Waals surface area contributed by atoms with Crippen LogP contribution in [0.4, 0.5) is 0 Å². The van der Waals surface area contributed by atoms with E-state index in [1.165, 1.54) is 11.1 Å². The van der Waals surface area contributed by atoms with Gasteiger partial charge in [0.2, 0.25) is 0 Å². The van der Waals surface area contributed by atoms with Crippen molar-refractivity contribution in [2.45, 2.75) is 31.5 Å². The van der Waals surface area contributed by atoms with E-state index in [0.29, 0.717) is 11.5 Å². The fourth-order valence-electron chi connectivity index (χ4n) is 7.31. The Morgan fingerprint density at radius 3 is 1.31 bits per heavy atom. The summed E-state index contributed by atoms with van der Waals surface area (Å²) in [5, 5.41) is 25.5. The number of benzene rings is 6. The lowest BCUT2D eigenvalue weighted by molar-refractivity contribution is -0.143. The highest BCUT2D eigenvalue weighted by atomic mass is 16.6. The molecule has 0 aliphatic heterocycles. The van der Waals surface area contributed by atoms with Gasteiger partial charge >= 0.3 is 11.9 Å². The quantitative estimate of drug-likeness (QED) is 0.0853. The van der Waals surface area contributed by atoms with Gasteiger partial charge in [0.1, 0.15) is 50.1 Å². The van der Waals surface area contributed by atoms with E-state index < -0.39 is 29.6 Å². The van der Waals surface area contributed by atoms with Gasteiger partial charge in [-0.25, -0.2) is 9.59 Å². The summed E-state index contributed by atoms with van der Waals surface area (Å²) in [6, 6.07) is 41.5. The van der Waals surface area contributed by atoms with Gasteiger partial charge in [-0.3, -0.25) is 0 Å². The van der Waals surface area contributed by atoms with Crippen LogP contribution in [0.2, 0.25) is 0 Å².